The highest BCUT2D eigenvalue weighted by Crippen LogP contribution is 2.30. The first kappa shape index (κ1) is 15.7. The third kappa shape index (κ3) is 3.13. The largest absolute Gasteiger partial charge is 0.497 e. The predicted molar refractivity (Wildman–Crippen MR) is 85.9 cm³/mol. The molecular formula is C15H13NO5S2. The van der Waals surface area contributed by atoms with Gasteiger partial charge in [-0.05, 0) is 29.6 Å². The summed E-state index contributed by atoms with van der Waals surface area (Å²) < 4.78 is 29.2. The third-order valence-corrected chi connectivity index (χ3v) is 6.66. The van der Waals surface area contributed by atoms with Crippen LogP contribution in [0.2, 0.25) is 0 Å². The van der Waals surface area contributed by atoms with E-state index < -0.39 is 15.8 Å². The van der Waals surface area contributed by atoms with E-state index in [0.717, 1.165) is 11.3 Å². The molecule has 120 valence electrons. The molecule has 2 heterocycles. The van der Waals surface area contributed by atoms with E-state index in [1.165, 1.54) is 7.11 Å². The third-order valence-electron chi connectivity index (χ3n) is 3.37. The molecule has 0 bridgehead atoms. The number of hydrogen-bond donors (Lipinski definition) is 0. The minimum Gasteiger partial charge on any atom is -0.497 e. The number of rotatable bonds is 3. The molecule has 0 saturated carbocycles. The molecule has 0 saturated heterocycles. The summed E-state index contributed by atoms with van der Waals surface area (Å²) in [6, 6.07) is 8.20. The summed E-state index contributed by atoms with van der Waals surface area (Å²) in [4.78, 5) is 17.0. The van der Waals surface area contributed by atoms with Crippen molar-refractivity contribution < 1.29 is 22.8 Å². The van der Waals surface area contributed by atoms with Crippen LogP contribution in [0.15, 0.2) is 45.1 Å². The number of sulfone groups is 1. The fourth-order valence-electron chi connectivity index (χ4n) is 2.20. The topological polar surface area (TPSA) is 82.0 Å². The highest BCUT2D eigenvalue weighted by Gasteiger charge is 2.29. The summed E-state index contributed by atoms with van der Waals surface area (Å²) in [5.74, 6) is -0.117. The second kappa shape index (κ2) is 6.13. The van der Waals surface area contributed by atoms with E-state index in [0.29, 0.717) is 22.6 Å². The monoisotopic (exact) mass is 351 g/mol. The number of carbonyl (C=O) groups excluding carboxylic acids is 1. The molecule has 0 N–H and O–H groups in total. The Kier molecular flexibility index (Phi) is 4.18. The van der Waals surface area contributed by atoms with Gasteiger partial charge in [0.2, 0.25) is 0 Å². The van der Waals surface area contributed by atoms with Gasteiger partial charge in [-0.2, -0.15) is 0 Å². The van der Waals surface area contributed by atoms with Gasteiger partial charge in [0.05, 0.1) is 24.1 Å². The average molecular weight is 351 g/mol. The van der Waals surface area contributed by atoms with Gasteiger partial charge >= 0.3 is 5.97 Å². The average Bonchev–Trinajstić information content (AvgIpc) is 3.05. The molecule has 0 spiro atoms. The number of thiophene rings is 1. The maximum absolute atomic E-state index is 12.0. The van der Waals surface area contributed by atoms with E-state index in [2.05, 4.69) is 5.16 Å². The molecule has 2 aromatic rings. The molecule has 0 radical (unpaired) electrons. The standard InChI is InChI=1S/C15H13NO5S2/c1-20-11-4-2-3-10(9-11)14(17)21-16-13-6-8-23(18,19)15-12(13)5-7-22-15/h2-5,7,9H,6,8H2,1H3/b16-13-. The SMILES string of the molecule is COc1cccc(C(=O)O/N=C2/CCS(=O)(=O)c3sccc32)c1. The van der Waals surface area contributed by atoms with Gasteiger partial charge in [0, 0.05) is 12.0 Å². The normalized spacial score (nSPS) is 17.5. The Morgan fingerprint density at radius 3 is 2.91 bits per heavy atom. The van der Waals surface area contributed by atoms with Crippen LogP contribution in [-0.2, 0) is 14.7 Å². The minimum absolute atomic E-state index is 0.0317. The maximum atomic E-state index is 12.0. The Morgan fingerprint density at radius 1 is 1.30 bits per heavy atom. The molecule has 3 rings (SSSR count). The zero-order valence-corrected chi connectivity index (χ0v) is 13.8. The Hall–Kier alpha value is -2.19. The van der Waals surface area contributed by atoms with E-state index >= 15 is 0 Å². The second-order valence-corrected chi connectivity index (χ2v) is 8.06. The molecular weight excluding hydrogens is 338 g/mol. The molecule has 1 aliphatic rings. The van der Waals surface area contributed by atoms with Gasteiger partial charge < -0.3 is 9.57 Å². The molecule has 0 atom stereocenters. The van der Waals surface area contributed by atoms with Crippen molar-refractivity contribution in [1.29, 1.82) is 0 Å². The van der Waals surface area contributed by atoms with Crippen LogP contribution in [-0.4, -0.2) is 33.0 Å². The number of fused-ring (bicyclic) bond motifs is 1. The molecule has 1 aliphatic heterocycles. The zero-order valence-electron chi connectivity index (χ0n) is 12.2. The lowest BCUT2D eigenvalue weighted by Crippen LogP contribution is -2.20. The fourth-order valence-corrected chi connectivity index (χ4v) is 5.01. The molecule has 1 aromatic heterocycles. The van der Waals surface area contributed by atoms with Gasteiger partial charge in [-0.15, -0.1) is 11.3 Å². The summed E-state index contributed by atoms with van der Waals surface area (Å²) in [5.41, 5.74) is 1.29. The van der Waals surface area contributed by atoms with Crippen molar-refractivity contribution in [3.63, 3.8) is 0 Å². The first-order chi connectivity index (χ1) is 11.0. The second-order valence-electron chi connectivity index (χ2n) is 4.84. The summed E-state index contributed by atoms with van der Waals surface area (Å²) in [6.45, 7) is 0. The quantitative estimate of drug-likeness (QED) is 0.627. The summed E-state index contributed by atoms with van der Waals surface area (Å²) in [7, 11) is -1.75. The number of oxime groups is 1. The summed E-state index contributed by atoms with van der Waals surface area (Å²) in [6.07, 6.45) is 0.220. The van der Waals surface area contributed by atoms with Gasteiger partial charge in [-0.1, -0.05) is 11.2 Å². The van der Waals surface area contributed by atoms with E-state index in [4.69, 9.17) is 9.57 Å². The van der Waals surface area contributed by atoms with Crippen LogP contribution in [0.1, 0.15) is 22.3 Å². The van der Waals surface area contributed by atoms with Crippen LogP contribution in [0.3, 0.4) is 0 Å². The molecule has 1 aromatic carbocycles. The lowest BCUT2D eigenvalue weighted by Gasteiger charge is -2.13. The highest BCUT2D eigenvalue weighted by molar-refractivity contribution is 7.93. The van der Waals surface area contributed by atoms with E-state index in [1.54, 1.807) is 35.7 Å². The molecule has 0 fully saturated rings. The first-order valence-corrected chi connectivity index (χ1v) is 9.27. The molecule has 8 heteroatoms. The Labute approximate surface area is 137 Å². The smallest absolute Gasteiger partial charge is 0.365 e. The molecule has 0 aliphatic carbocycles. The highest BCUT2D eigenvalue weighted by atomic mass is 32.2. The molecule has 0 unspecified atom stereocenters. The van der Waals surface area contributed by atoms with E-state index in [-0.39, 0.29) is 16.4 Å². The molecule has 0 amide bonds. The predicted octanol–water partition coefficient (Wildman–Crippen LogP) is 2.50. The number of carbonyl (C=O) groups is 1. The van der Waals surface area contributed by atoms with E-state index in [9.17, 15) is 13.2 Å². The van der Waals surface area contributed by atoms with Crippen molar-refractivity contribution in [1.82, 2.24) is 0 Å². The van der Waals surface area contributed by atoms with Gasteiger partial charge in [0.1, 0.15) is 9.96 Å². The zero-order chi connectivity index (χ0) is 16.4. The van der Waals surface area contributed by atoms with Crippen molar-refractivity contribution in [3.05, 3.63) is 46.8 Å². The molecule has 23 heavy (non-hydrogen) atoms. The van der Waals surface area contributed by atoms with Crippen LogP contribution in [0.5, 0.6) is 5.75 Å². The summed E-state index contributed by atoms with van der Waals surface area (Å²) in [5, 5.41) is 5.55. The maximum Gasteiger partial charge on any atom is 0.365 e. The Balaban J connectivity index is 1.82. The van der Waals surface area contributed by atoms with Crippen LogP contribution in [0, 0.1) is 0 Å². The van der Waals surface area contributed by atoms with Crippen molar-refractivity contribution in [2.75, 3.05) is 12.9 Å². The number of ether oxygens (including phenoxy) is 1. The Morgan fingerprint density at radius 2 is 2.13 bits per heavy atom. The van der Waals surface area contributed by atoms with Crippen LogP contribution >= 0.6 is 11.3 Å². The van der Waals surface area contributed by atoms with Gasteiger partial charge in [0.15, 0.2) is 9.84 Å². The van der Waals surface area contributed by atoms with E-state index in [1.807, 2.05) is 0 Å². The fraction of sp³-hybridized carbons (Fsp3) is 0.200. The van der Waals surface area contributed by atoms with Gasteiger partial charge in [-0.25, -0.2) is 13.2 Å². The van der Waals surface area contributed by atoms with Gasteiger partial charge in [-0.3, -0.25) is 0 Å². The van der Waals surface area contributed by atoms with Crippen LogP contribution in [0.25, 0.3) is 0 Å². The first-order valence-electron chi connectivity index (χ1n) is 6.74. The summed E-state index contributed by atoms with van der Waals surface area (Å²) >= 11 is 1.15. The van der Waals surface area contributed by atoms with Crippen molar-refractivity contribution in [3.8, 4) is 5.75 Å². The van der Waals surface area contributed by atoms with Crippen molar-refractivity contribution in [2.24, 2.45) is 5.16 Å². The number of benzene rings is 1. The van der Waals surface area contributed by atoms with Crippen molar-refractivity contribution >= 4 is 32.9 Å². The Bertz CT molecular complexity index is 883. The van der Waals surface area contributed by atoms with Crippen molar-refractivity contribution in [2.45, 2.75) is 10.6 Å². The lowest BCUT2D eigenvalue weighted by atomic mass is 10.1. The van der Waals surface area contributed by atoms with Gasteiger partial charge in [0.25, 0.3) is 0 Å². The number of hydrogen-bond acceptors (Lipinski definition) is 7. The van der Waals surface area contributed by atoms with Crippen LogP contribution < -0.4 is 4.74 Å². The number of nitrogens with zero attached hydrogens (tertiary/aromatic N) is 1. The molecule has 6 nitrogen and oxygen atoms in total. The lowest BCUT2D eigenvalue weighted by molar-refractivity contribution is 0.0515. The minimum atomic E-state index is -3.25. The van der Waals surface area contributed by atoms with Crippen LogP contribution in [0.4, 0.5) is 0 Å². The number of methoxy groups -OCH3 is 1.